The number of rotatable bonds is 1. The fourth-order valence-corrected chi connectivity index (χ4v) is 2.46. The number of hydrogen-bond acceptors (Lipinski definition) is 2. The van der Waals surface area contributed by atoms with Crippen LogP contribution < -0.4 is 10.6 Å². The molecule has 2 N–H and O–H groups in total. The largest absolute Gasteiger partial charge is 0.397 e. The number of fused-ring (bicyclic) bond motifs is 1. The van der Waals surface area contributed by atoms with Crippen molar-refractivity contribution in [1.29, 1.82) is 0 Å². The van der Waals surface area contributed by atoms with E-state index in [0.29, 0.717) is 11.7 Å². The van der Waals surface area contributed by atoms with Crippen molar-refractivity contribution < 1.29 is 4.39 Å². The number of nitrogen functional groups attached to an aromatic ring is 1. The fourth-order valence-electron chi connectivity index (χ4n) is 2.46. The van der Waals surface area contributed by atoms with Crippen LogP contribution in [0.15, 0.2) is 18.2 Å². The highest BCUT2D eigenvalue weighted by atomic mass is 19.1. The standard InChI is InChI=1S/C11H13FN2/c12-8-1-2-9(13)11(6-8)14-4-3-7-5-10(7)14/h1-2,6-7,10H,3-5,13H2. The summed E-state index contributed by atoms with van der Waals surface area (Å²) in [6.07, 6.45) is 2.50. The van der Waals surface area contributed by atoms with Crippen molar-refractivity contribution >= 4 is 11.4 Å². The highest BCUT2D eigenvalue weighted by molar-refractivity contribution is 5.69. The molecule has 74 valence electrons. The molecule has 0 aromatic heterocycles. The second kappa shape index (κ2) is 2.62. The smallest absolute Gasteiger partial charge is 0.125 e. The molecule has 0 radical (unpaired) electrons. The third-order valence-electron chi connectivity index (χ3n) is 3.33. The highest BCUT2D eigenvalue weighted by Crippen LogP contribution is 2.47. The zero-order valence-corrected chi connectivity index (χ0v) is 7.91. The Kier molecular flexibility index (Phi) is 1.52. The first-order valence-corrected chi connectivity index (χ1v) is 5.07. The van der Waals surface area contributed by atoms with Gasteiger partial charge in [-0.05, 0) is 37.0 Å². The first kappa shape index (κ1) is 8.09. The lowest BCUT2D eigenvalue weighted by molar-refractivity contribution is 0.627. The maximum Gasteiger partial charge on any atom is 0.125 e. The summed E-state index contributed by atoms with van der Waals surface area (Å²) in [5.41, 5.74) is 7.42. The number of hydrogen-bond donors (Lipinski definition) is 1. The van der Waals surface area contributed by atoms with E-state index in [9.17, 15) is 4.39 Å². The van der Waals surface area contributed by atoms with Gasteiger partial charge in [-0.3, -0.25) is 0 Å². The summed E-state index contributed by atoms with van der Waals surface area (Å²) in [6, 6.07) is 5.26. The normalized spacial score (nSPS) is 29.1. The maximum atomic E-state index is 13.1. The first-order chi connectivity index (χ1) is 6.75. The second-order valence-electron chi connectivity index (χ2n) is 4.25. The van der Waals surface area contributed by atoms with Gasteiger partial charge in [-0.2, -0.15) is 0 Å². The van der Waals surface area contributed by atoms with E-state index in [1.54, 1.807) is 12.1 Å². The Balaban J connectivity index is 1.98. The molecule has 1 saturated heterocycles. The molecule has 3 heteroatoms. The summed E-state index contributed by atoms with van der Waals surface area (Å²) >= 11 is 0. The van der Waals surface area contributed by atoms with Crippen molar-refractivity contribution in [3.63, 3.8) is 0 Å². The Labute approximate surface area is 82.5 Å². The van der Waals surface area contributed by atoms with Crippen molar-refractivity contribution in [2.45, 2.75) is 18.9 Å². The number of nitrogens with two attached hydrogens (primary N) is 1. The van der Waals surface area contributed by atoms with Gasteiger partial charge < -0.3 is 10.6 Å². The Morgan fingerprint density at radius 2 is 2.29 bits per heavy atom. The Bertz CT molecular complexity index is 378. The quantitative estimate of drug-likeness (QED) is 0.689. The van der Waals surface area contributed by atoms with Crippen molar-refractivity contribution in [2.75, 3.05) is 17.2 Å². The number of nitrogens with zero attached hydrogens (tertiary/aromatic N) is 1. The summed E-state index contributed by atoms with van der Waals surface area (Å²) in [7, 11) is 0. The fraction of sp³-hybridized carbons (Fsp3) is 0.455. The van der Waals surface area contributed by atoms with Gasteiger partial charge in [0.25, 0.3) is 0 Å². The van der Waals surface area contributed by atoms with Crippen LogP contribution in [-0.4, -0.2) is 12.6 Å². The van der Waals surface area contributed by atoms with Crippen LogP contribution in [0.1, 0.15) is 12.8 Å². The Morgan fingerprint density at radius 1 is 1.43 bits per heavy atom. The van der Waals surface area contributed by atoms with E-state index in [1.807, 2.05) is 0 Å². The van der Waals surface area contributed by atoms with E-state index in [4.69, 9.17) is 5.73 Å². The Hall–Kier alpha value is -1.25. The van der Waals surface area contributed by atoms with Crippen molar-refractivity contribution in [2.24, 2.45) is 5.92 Å². The molecule has 0 spiro atoms. The molecule has 1 aliphatic carbocycles. The molecule has 2 atom stereocenters. The van der Waals surface area contributed by atoms with Crippen molar-refractivity contribution in [1.82, 2.24) is 0 Å². The van der Waals surface area contributed by atoms with E-state index in [2.05, 4.69) is 4.90 Å². The summed E-state index contributed by atoms with van der Waals surface area (Å²) in [5, 5.41) is 0. The molecule has 1 aliphatic heterocycles. The molecule has 2 aliphatic rings. The zero-order chi connectivity index (χ0) is 9.71. The molecule has 1 aromatic carbocycles. The molecule has 3 rings (SSSR count). The van der Waals surface area contributed by atoms with Gasteiger partial charge >= 0.3 is 0 Å². The Morgan fingerprint density at radius 3 is 2.93 bits per heavy atom. The maximum absolute atomic E-state index is 13.1. The molecule has 2 nitrogen and oxygen atoms in total. The molecule has 1 aromatic rings. The first-order valence-electron chi connectivity index (χ1n) is 5.07. The van der Waals surface area contributed by atoms with Crippen LogP contribution in [0.25, 0.3) is 0 Å². The molecule has 0 amide bonds. The van der Waals surface area contributed by atoms with Gasteiger partial charge in [-0.1, -0.05) is 0 Å². The van der Waals surface area contributed by atoms with Gasteiger partial charge in [0.05, 0.1) is 11.4 Å². The molecular weight excluding hydrogens is 179 g/mol. The average Bonchev–Trinajstić information content (AvgIpc) is 2.83. The third kappa shape index (κ3) is 1.08. The van der Waals surface area contributed by atoms with Crippen LogP contribution in [-0.2, 0) is 0 Å². The van der Waals surface area contributed by atoms with E-state index in [0.717, 1.165) is 18.2 Å². The molecule has 2 fully saturated rings. The van der Waals surface area contributed by atoms with Crippen molar-refractivity contribution in [3.05, 3.63) is 24.0 Å². The van der Waals surface area contributed by atoms with Gasteiger partial charge in [0.2, 0.25) is 0 Å². The third-order valence-corrected chi connectivity index (χ3v) is 3.33. The lowest BCUT2D eigenvalue weighted by atomic mass is 10.2. The minimum atomic E-state index is -0.196. The number of anilines is 2. The van der Waals surface area contributed by atoms with Crippen LogP contribution in [0.4, 0.5) is 15.8 Å². The van der Waals surface area contributed by atoms with Crippen LogP contribution in [0.3, 0.4) is 0 Å². The SMILES string of the molecule is Nc1ccc(F)cc1N1CCC2CC21. The molecule has 0 bridgehead atoms. The summed E-state index contributed by atoms with van der Waals surface area (Å²) < 4.78 is 13.1. The van der Waals surface area contributed by atoms with Crippen LogP contribution in [0, 0.1) is 11.7 Å². The van der Waals surface area contributed by atoms with Crippen LogP contribution in [0.5, 0.6) is 0 Å². The number of benzene rings is 1. The van der Waals surface area contributed by atoms with Gasteiger partial charge in [-0.15, -0.1) is 0 Å². The van der Waals surface area contributed by atoms with Gasteiger partial charge in [0.15, 0.2) is 0 Å². The van der Waals surface area contributed by atoms with Crippen LogP contribution in [0.2, 0.25) is 0 Å². The summed E-state index contributed by atoms with van der Waals surface area (Å²) in [4.78, 5) is 2.25. The minimum absolute atomic E-state index is 0.196. The molecular formula is C11H13FN2. The summed E-state index contributed by atoms with van der Waals surface area (Å²) in [5.74, 6) is 0.649. The monoisotopic (exact) mass is 192 g/mol. The lowest BCUT2D eigenvalue weighted by Gasteiger charge is -2.22. The van der Waals surface area contributed by atoms with E-state index in [1.165, 1.54) is 18.9 Å². The van der Waals surface area contributed by atoms with E-state index < -0.39 is 0 Å². The average molecular weight is 192 g/mol. The topological polar surface area (TPSA) is 29.3 Å². The zero-order valence-electron chi connectivity index (χ0n) is 7.91. The molecule has 2 unspecified atom stereocenters. The number of halogens is 1. The van der Waals surface area contributed by atoms with Gasteiger partial charge in [-0.25, -0.2) is 4.39 Å². The number of piperidine rings is 1. The van der Waals surface area contributed by atoms with Crippen LogP contribution >= 0.6 is 0 Å². The predicted octanol–water partition coefficient (Wildman–Crippen LogP) is 2.01. The predicted molar refractivity (Wildman–Crippen MR) is 54.7 cm³/mol. The van der Waals surface area contributed by atoms with E-state index in [-0.39, 0.29) is 5.82 Å². The van der Waals surface area contributed by atoms with Crippen molar-refractivity contribution in [3.8, 4) is 0 Å². The molecule has 1 heterocycles. The van der Waals surface area contributed by atoms with Gasteiger partial charge in [0.1, 0.15) is 5.82 Å². The molecule has 14 heavy (non-hydrogen) atoms. The lowest BCUT2D eigenvalue weighted by Crippen LogP contribution is -2.23. The highest BCUT2D eigenvalue weighted by Gasteiger charge is 2.47. The molecule has 1 saturated carbocycles. The van der Waals surface area contributed by atoms with E-state index >= 15 is 0 Å². The second-order valence-corrected chi connectivity index (χ2v) is 4.25. The van der Waals surface area contributed by atoms with Gasteiger partial charge in [0, 0.05) is 12.6 Å². The minimum Gasteiger partial charge on any atom is -0.397 e. The summed E-state index contributed by atoms with van der Waals surface area (Å²) in [6.45, 7) is 1.03.